The number of nitrogens with zero attached hydrogens (tertiary/aromatic N) is 5. The van der Waals surface area contributed by atoms with Crippen molar-refractivity contribution in [2.24, 2.45) is 0 Å². The van der Waals surface area contributed by atoms with Gasteiger partial charge in [0.05, 0.1) is 40.9 Å². The first-order valence-electron chi connectivity index (χ1n) is 28.4. The van der Waals surface area contributed by atoms with E-state index in [4.69, 9.17) is 9.47 Å². The molecule has 0 radical (unpaired) electrons. The Kier molecular flexibility index (Phi) is 20.4. The summed E-state index contributed by atoms with van der Waals surface area (Å²) in [5.74, 6) is 1.34. The van der Waals surface area contributed by atoms with Crippen LogP contribution in [0, 0.1) is 0 Å². The summed E-state index contributed by atoms with van der Waals surface area (Å²) in [5.41, 5.74) is 8.38. The summed E-state index contributed by atoms with van der Waals surface area (Å²) in [6.07, 6.45) is 13.8. The molecule has 0 saturated carbocycles. The van der Waals surface area contributed by atoms with Crippen LogP contribution >= 0.6 is 21.6 Å². The van der Waals surface area contributed by atoms with Gasteiger partial charge in [0.2, 0.25) is 0 Å². The Morgan fingerprint density at radius 1 is 0.662 bits per heavy atom. The van der Waals surface area contributed by atoms with Gasteiger partial charge in [-0.15, -0.1) is 0 Å². The molecule has 3 N–H and O–H groups in total. The summed E-state index contributed by atoms with van der Waals surface area (Å²) in [4.78, 5) is 36.3. The maximum Gasteiger partial charge on any atom is 0.251 e. The summed E-state index contributed by atoms with van der Waals surface area (Å²) in [5, 5.41) is 9.48. The summed E-state index contributed by atoms with van der Waals surface area (Å²) < 4.78 is 14.2. The molecular weight excluding hydrogens is 997 g/mol. The van der Waals surface area contributed by atoms with Crippen LogP contribution in [0.2, 0.25) is 0 Å². The van der Waals surface area contributed by atoms with Gasteiger partial charge >= 0.3 is 0 Å². The van der Waals surface area contributed by atoms with Crippen molar-refractivity contribution in [1.29, 1.82) is 0 Å². The Balaban J connectivity index is 0.00000115. The predicted molar refractivity (Wildman–Crippen MR) is 329 cm³/mol. The zero-order chi connectivity index (χ0) is 55.4. The third-order valence-electron chi connectivity index (χ3n) is 15.8. The maximum absolute atomic E-state index is 13.5. The number of ether oxygens (including phenoxy) is 2. The first-order chi connectivity index (χ1) is 36.9. The molecule has 0 spiro atoms. The highest BCUT2D eigenvalue weighted by atomic mass is 33.1. The van der Waals surface area contributed by atoms with Gasteiger partial charge in [0.1, 0.15) is 0 Å². The number of fused-ring (bicyclic) bond motifs is 6. The molecule has 14 heteroatoms. The topological polar surface area (TPSA) is 102 Å². The van der Waals surface area contributed by atoms with Gasteiger partial charge in [0, 0.05) is 116 Å². The zero-order valence-electron chi connectivity index (χ0n) is 48.6. The van der Waals surface area contributed by atoms with Crippen molar-refractivity contribution in [3.8, 4) is 0 Å². The van der Waals surface area contributed by atoms with Crippen molar-refractivity contribution in [3.63, 3.8) is 0 Å². The van der Waals surface area contributed by atoms with Gasteiger partial charge in [-0.25, -0.2) is 0 Å². The fourth-order valence-electron chi connectivity index (χ4n) is 11.4. The number of amides is 2. The Morgan fingerprint density at radius 3 is 1.48 bits per heavy atom. The molecule has 3 saturated heterocycles. The largest absolute Gasteiger partial charge is 0.375 e. The monoisotopic (exact) mass is 1090 g/mol. The van der Waals surface area contributed by atoms with E-state index in [0.29, 0.717) is 37.4 Å². The number of carbonyl (C=O) groups excluding carboxylic acids is 2. The van der Waals surface area contributed by atoms with E-state index in [1.165, 1.54) is 37.3 Å². The van der Waals surface area contributed by atoms with Crippen molar-refractivity contribution < 1.29 is 23.5 Å². The molecule has 418 valence electrons. The van der Waals surface area contributed by atoms with Crippen molar-refractivity contribution >= 4 is 68.3 Å². The smallest absolute Gasteiger partial charge is 0.251 e. The van der Waals surface area contributed by atoms with Gasteiger partial charge in [-0.3, -0.25) is 9.59 Å². The first-order valence-corrected chi connectivity index (χ1v) is 30.8. The molecule has 2 atom stereocenters. The van der Waals surface area contributed by atoms with E-state index in [-0.39, 0.29) is 11.8 Å². The highest BCUT2D eigenvalue weighted by Crippen LogP contribution is 2.57. The maximum atomic E-state index is 13.5. The van der Waals surface area contributed by atoms with Crippen LogP contribution in [0.1, 0.15) is 117 Å². The minimum atomic E-state index is -0.648. The van der Waals surface area contributed by atoms with E-state index in [1.807, 2.05) is 26.0 Å². The lowest BCUT2D eigenvalue weighted by Crippen LogP contribution is -2.51. The molecule has 2 amide bonds. The van der Waals surface area contributed by atoms with Gasteiger partial charge in [-0.1, -0.05) is 106 Å². The van der Waals surface area contributed by atoms with E-state index >= 15 is 0 Å². The van der Waals surface area contributed by atoms with Crippen LogP contribution in [0.15, 0.2) is 97.1 Å². The molecule has 0 aromatic heterocycles. The van der Waals surface area contributed by atoms with Crippen molar-refractivity contribution in [2.45, 2.75) is 96.4 Å². The van der Waals surface area contributed by atoms with E-state index in [1.54, 1.807) is 21.6 Å². The average Bonchev–Trinajstić information content (AvgIpc) is 4.48. The highest BCUT2D eigenvalue weighted by Gasteiger charge is 2.60. The number of benzene rings is 4. The first kappa shape index (κ1) is 59.7. The Morgan fingerprint density at radius 2 is 1.09 bits per heavy atom. The quantitative estimate of drug-likeness (QED) is 0.0422. The van der Waals surface area contributed by atoms with Gasteiger partial charge in [0.15, 0.2) is 11.4 Å². The third-order valence-corrected chi connectivity index (χ3v) is 18.3. The van der Waals surface area contributed by atoms with Crippen LogP contribution in [-0.2, 0) is 20.3 Å². The Bertz CT molecular complexity index is 2640. The second-order valence-electron chi connectivity index (χ2n) is 22.8. The molecule has 0 bridgehead atoms. The number of anilines is 4. The molecule has 4 aromatic rings. The average molecular weight is 1090 g/mol. The molecule has 77 heavy (non-hydrogen) atoms. The summed E-state index contributed by atoms with van der Waals surface area (Å²) >= 11 is 0. The van der Waals surface area contributed by atoms with E-state index in [2.05, 4.69) is 203 Å². The normalized spacial score (nSPS) is 20.5. The van der Waals surface area contributed by atoms with Crippen LogP contribution in [0.25, 0.3) is 12.2 Å². The fourth-order valence-corrected chi connectivity index (χ4v) is 13.3. The van der Waals surface area contributed by atoms with Crippen LogP contribution in [0.5, 0.6) is 0 Å². The molecular formula is C63H91N8O4S2+. The van der Waals surface area contributed by atoms with Gasteiger partial charge in [0.25, 0.3) is 11.8 Å². The van der Waals surface area contributed by atoms with Gasteiger partial charge in [-0.05, 0) is 127 Å². The van der Waals surface area contributed by atoms with Crippen LogP contribution in [0.3, 0.4) is 0 Å². The lowest BCUT2D eigenvalue weighted by molar-refractivity contribution is -0.870. The molecule has 4 aromatic carbocycles. The molecule has 0 aliphatic carbocycles. The number of quaternary nitrogens is 1. The van der Waals surface area contributed by atoms with E-state index in [9.17, 15) is 9.59 Å². The molecule has 5 aliphatic heterocycles. The summed E-state index contributed by atoms with van der Waals surface area (Å²) in [6, 6.07) is 29.6. The lowest BCUT2D eigenvalue weighted by atomic mass is 9.77. The predicted octanol–water partition coefficient (Wildman–Crippen LogP) is 11.1. The molecule has 5 heterocycles. The number of rotatable bonds is 21. The Hall–Kier alpha value is -4.96. The third kappa shape index (κ3) is 13.4. The second-order valence-corrected chi connectivity index (χ2v) is 25.5. The van der Waals surface area contributed by atoms with Gasteiger partial charge < -0.3 is 49.5 Å². The second kappa shape index (κ2) is 26.3. The standard InChI is InChI=1S/C57H75N7O4S2.C4H9N.C2H6/c1-11-31-60(6)46-19-13-42(14-20-46)25-27-56-54(2,3)48-40-44(17-23-50(48)62(56)33-36-67-56)52(65)58-29-38-69-70-39-30-59-53(66)45-18-24-51-49(41-45)55(4,5)57(63(51)34-37-68-57)28-26-43-15-21-47(22-16-43)61(7)32-12-35-64(8,9)10;1-2-4-5-3-1;1-2/h13-28,40-41H,11-12,29-39H2,1-10H3,(H-,58,59,65,66);5H,1-4H2;1-2H3/p+1/b27-25+,28-26+;;. The van der Waals surface area contributed by atoms with E-state index in [0.717, 1.165) is 95.2 Å². The SMILES string of the molecule is C1CCNC1.CC.CCCN(C)c1ccc(/C=C/C23OCCN2c2ccc(C(=O)NCCSSCCNC(=O)c4ccc5c(c4)C(C)(C)C4(/C=C/c6ccc(N(C)CCC[N+](C)(C)C)cc6)OCCN54)cc2C3(C)C)cc1. The molecule has 5 aliphatic rings. The number of nitrogens with one attached hydrogen (secondary N) is 3. The van der Waals surface area contributed by atoms with Gasteiger partial charge in [-0.2, -0.15) is 0 Å². The number of carbonyl (C=O) groups is 2. The van der Waals surface area contributed by atoms with Crippen LogP contribution < -0.4 is 35.6 Å². The van der Waals surface area contributed by atoms with Crippen molar-refractivity contribution in [3.05, 3.63) is 130 Å². The Labute approximate surface area is 470 Å². The summed E-state index contributed by atoms with van der Waals surface area (Å²) in [7, 11) is 14.4. The van der Waals surface area contributed by atoms with Crippen LogP contribution in [0.4, 0.5) is 22.7 Å². The fraction of sp³-hybridized carbons (Fsp3) is 0.524. The van der Waals surface area contributed by atoms with Crippen molar-refractivity contribution in [1.82, 2.24) is 16.0 Å². The molecule has 2 unspecified atom stereocenters. The zero-order valence-corrected chi connectivity index (χ0v) is 50.2. The van der Waals surface area contributed by atoms with Crippen molar-refractivity contribution in [2.75, 3.05) is 138 Å². The summed E-state index contributed by atoms with van der Waals surface area (Å²) in [6.45, 7) is 24.7. The highest BCUT2D eigenvalue weighted by molar-refractivity contribution is 8.76. The van der Waals surface area contributed by atoms with E-state index < -0.39 is 22.3 Å². The molecule has 12 nitrogen and oxygen atoms in total. The van der Waals surface area contributed by atoms with Crippen LogP contribution in [-0.4, -0.2) is 147 Å². The minimum absolute atomic E-state index is 0.0797. The minimum Gasteiger partial charge on any atom is -0.375 e. The number of hydrogen-bond donors (Lipinski definition) is 3. The lowest BCUT2D eigenvalue weighted by Gasteiger charge is -2.39. The molecule has 3 fully saturated rings. The number of hydrogen-bond acceptors (Lipinski definition) is 11. The molecule has 9 rings (SSSR count).